The normalized spacial score (nSPS) is 17.0. The minimum atomic E-state index is -3.35. The fourth-order valence-corrected chi connectivity index (χ4v) is 4.22. The van der Waals surface area contributed by atoms with Crippen molar-refractivity contribution in [2.24, 2.45) is 11.7 Å². The van der Waals surface area contributed by atoms with Crippen molar-refractivity contribution in [3.05, 3.63) is 35.1 Å². The molecular weight excluding hydrogens is 291 g/mol. The Labute approximate surface area is 126 Å². The lowest BCUT2D eigenvalue weighted by Gasteiger charge is -2.21. The first-order valence-electron chi connectivity index (χ1n) is 7.45. The van der Waals surface area contributed by atoms with Gasteiger partial charge >= 0.3 is 0 Å². The van der Waals surface area contributed by atoms with Gasteiger partial charge in [-0.1, -0.05) is 31.4 Å². The third-order valence-corrected chi connectivity index (χ3v) is 5.51. The van der Waals surface area contributed by atoms with E-state index in [2.05, 4.69) is 4.72 Å². The molecular formula is C15H23FN2O2S. The monoisotopic (exact) mass is 314 g/mol. The standard InChI is InChI=1S/C15H23FN2O2S/c16-15-8-13(9-17)6-7-14(15)10-18-21(19,20)11-12-4-2-1-3-5-12/h6-8,12,18H,1-5,9-11,17H2. The topological polar surface area (TPSA) is 72.2 Å². The second kappa shape index (κ2) is 7.33. The van der Waals surface area contributed by atoms with Crippen LogP contribution in [0.4, 0.5) is 4.39 Å². The number of rotatable bonds is 6. The molecule has 0 spiro atoms. The van der Waals surface area contributed by atoms with Gasteiger partial charge in [0.2, 0.25) is 10.0 Å². The van der Waals surface area contributed by atoms with Crippen LogP contribution in [0.3, 0.4) is 0 Å². The van der Waals surface area contributed by atoms with Crippen LogP contribution >= 0.6 is 0 Å². The van der Waals surface area contributed by atoms with Gasteiger partial charge in [0.25, 0.3) is 0 Å². The summed E-state index contributed by atoms with van der Waals surface area (Å²) in [7, 11) is -3.35. The number of halogens is 1. The molecule has 118 valence electrons. The lowest BCUT2D eigenvalue weighted by molar-refractivity contribution is 0.384. The molecule has 2 rings (SSSR count). The van der Waals surface area contributed by atoms with Crippen LogP contribution in [0.15, 0.2) is 18.2 Å². The zero-order valence-electron chi connectivity index (χ0n) is 12.1. The van der Waals surface area contributed by atoms with Gasteiger partial charge in [-0.3, -0.25) is 0 Å². The highest BCUT2D eigenvalue weighted by atomic mass is 32.2. The van der Waals surface area contributed by atoms with Crippen LogP contribution in [0.25, 0.3) is 0 Å². The molecule has 0 aromatic heterocycles. The van der Waals surface area contributed by atoms with Gasteiger partial charge < -0.3 is 5.73 Å². The molecule has 1 aromatic carbocycles. The van der Waals surface area contributed by atoms with Crippen LogP contribution in [-0.4, -0.2) is 14.2 Å². The molecule has 0 radical (unpaired) electrons. The molecule has 0 unspecified atom stereocenters. The number of benzene rings is 1. The first-order chi connectivity index (χ1) is 10.00. The molecule has 0 amide bonds. The number of hydrogen-bond donors (Lipinski definition) is 2. The summed E-state index contributed by atoms with van der Waals surface area (Å²) >= 11 is 0. The van der Waals surface area contributed by atoms with E-state index in [0.29, 0.717) is 11.1 Å². The quantitative estimate of drug-likeness (QED) is 0.846. The Morgan fingerprint density at radius 3 is 2.57 bits per heavy atom. The second-order valence-electron chi connectivity index (χ2n) is 5.74. The minimum absolute atomic E-state index is 0.00820. The third-order valence-electron chi connectivity index (χ3n) is 4.02. The molecule has 1 aliphatic rings. The van der Waals surface area contributed by atoms with Crippen molar-refractivity contribution in [2.75, 3.05) is 5.75 Å². The van der Waals surface area contributed by atoms with Gasteiger partial charge in [-0.25, -0.2) is 17.5 Å². The van der Waals surface area contributed by atoms with Crippen molar-refractivity contribution >= 4 is 10.0 Å². The largest absolute Gasteiger partial charge is 0.326 e. The molecule has 0 atom stereocenters. The Balaban J connectivity index is 1.91. The van der Waals surface area contributed by atoms with Crippen LogP contribution in [0, 0.1) is 11.7 Å². The van der Waals surface area contributed by atoms with Crippen molar-refractivity contribution in [2.45, 2.75) is 45.2 Å². The van der Waals surface area contributed by atoms with Gasteiger partial charge in [-0.15, -0.1) is 0 Å². The molecule has 0 heterocycles. The van der Waals surface area contributed by atoms with E-state index in [0.717, 1.165) is 25.7 Å². The first kappa shape index (κ1) is 16.4. The lowest BCUT2D eigenvalue weighted by atomic mass is 9.91. The molecule has 0 saturated heterocycles. The van der Waals surface area contributed by atoms with Gasteiger partial charge in [0.1, 0.15) is 5.82 Å². The van der Waals surface area contributed by atoms with Crippen molar-refractivity contribution in [1.29, 1.82) is 0 Å². The summed E-state index contributed by atoms with van der Waals surface area (Å²) in [6.07, 6.45) is 5.36. The van der Waals surface area contributed by atoms with Crippen molar-refractivity contribution in [1.82, 2.24) is 4.72 Å². The third kappa shape index (κ3) is 5.05. The summed E-state index contributed by atoms with van der Waals surface area (Å²) < 4.78 is 40.4. The Morgan fingerprint density at radius 1 is 1.24 bits per heavy atom. The van der Waals surface area contributed by atoms with Crippen LogP contribution in [0.2, 0.25) is 0 Å². The minimum Gasteiger partial charge on any atom is -0.326 e. The average molecular weight is 314 g/mol. The van der Waals surface area contributed by atoms with Crippen LogP contribution < -0.4 is 10.5 Å². The van der Waals surface area contributed by atoms with Crippen LogP contribution in [-0.2, 0) is 23.1 Å². The van der Waals surface area contributed by atoms with E-state index >= 15 is 0 Å². The predicted octanol–water partition coefficient (Wildman–Crippen LogP) is 2.28. The van der Waals surface area contributed by atoms with Gasteiger partial charge in [-0.05, 0) is 30.4 Å². The lowest BCUT2D eigenvalue weighted by Crippen LogP contribution is -2.30. The molecule has 1 aliphatic carbocycles. The molecule has 1 saturated carbocycles. The van der Waals surface area contributed by atoms with Crippen molar-refractivity contribution in [3.63, 3.8) is 0 Å². The maximum atomic E-state index is 13.8. The van der Waals surface area contributed by atoms with Gasteiger partial charge in [0, 0.05) is 18.7 Å². The number of sulfonamides is 1. The molecule has 0 aliphatic heterocycles. The molecule has 21 heavy (non-hydrogen) atoms. The number of hydrogen-bond acceptors (Lipinski definition) is 3. The summed E-state index contributed by atoms with van der Waals surface area (Å²) in [5, 5.41) is 0. The summed E-state index contributed by atoms with van der Waals surface area (Å²) in [6.45, 7) is 0.260. The van der Waals surface area contributed by atoms with Gasteiger partial charge in [-0.2, -0.15) is 0 Å². The molecule has 0 bridgehead atoms. The Hall–Kier alpha value is -0.980. The van der Waals surface area contributed by atoms with Crippen LogP contribution in [0.5, 0.6) is 0 Å². The second-order valence-corrected chi connectivity index (χ2v) is 7.59. The zero-order chi connectivity index (χ0) is 15.3. The highest BCUT2D eigenvalue weighted by molar-refractivity contribution is 7.89. The maximum absolute atomic E-state index is 13.8. The smallest absolute Gasteiger partial charge is 0.212 e. The summed E-state index contributed by atoms with van der Waals surface area (Å²) in [4.78, 5) is 0. The highest BCUT2D eigenvalue weighted by Gasteiger charge is 2.21. The van der Waals surface area contributed by atoms with E-state index < -0.39 is 15.8 Å². The van der Waals surface area contributed by atoms with E-state index in [4.69, 9.17) is 5.73 Å². The zero-order valence-corrected chi connectivity index (χ0v) is 13.0. The average Bonchev–Trinajstić information content (AvgIpc) is 2.46. The van der Waals surface area contributed by atoms with Crippen molar-refractivity contribution < 1.29 is 12.8 Å². The van der Waals surface area contributed by atoms with Crippen LogP contribution in [0.1, 0.15) is 43.2 Å². The SMILES string of the molecule is NCc1ccc(CNS(=O)(=O)CC2CCCCC2)c(F)c1. The highest BCUT2D eigenvalue weighted by Crippen LogP contribution is 2.24. The first-order valence-corrected chi connectivity index (χ1v) is 9.10. The van der Waals surface area contributed by atoms with E-state index in [-0.39, 0.29) is 24.8 Å². The Kier molecular flexibility index (Phi) is 5.72. The Morgan fingerprint density at radius 2 is 1.95 bits per heavy atom. The number of nitrogens with two attached hydrogens (primary N) is 1. The summed E-state index contributed by atoms with van der Waals surface area (Å²) in [5.74, 6) is -0.0331. The molecule has 6 heteroatoms. The Bertz CT molecular complexity index is 569. The van der Waals surface area contributed by atoms with E-state index in [1.54, 1.807) is 12.1 Å². The van der Waals surface area contributed by atoms with E-state index in [1.807, 2.05) is 0 Å². The summed E-state index contributed by atoms with van der Waals surface area (Å²) in [5.41, 5.74) is 6.48. The number of nitrogens with one attached hydrogen (secondary N) is 1. The maximum Gasteiger partial charge on any atom is 0.212 e. The molecule has 4 nitrogen and oxygen atoms in total. The fraction of sp³-hybridized carbons (Fsp3) is 0.600. The van der Waals surface area contributed by atoms with Gasteiger partial charge in [0.05, 0.1) is 5.75 Å². The predicted molar refractivity (Wildman–Crippen MR) is 81.5 cm³/mol. The van der Waals surface area contributed by atoms with E-state index in [1.165, 1.54) is 12.5 Å². The van der Waals surface area contributed by atoms with E-state index in [9.17, 15) is 12.8 Å². The molecule has 1 fully saturated rings. The fourth-order valence-electron chi connectivity index (χ4n) is 2.77. The van der Waals surface area contributed by atoms with Gasteiger partial charge in [0.15, 0.2) is 0 Å². The summed E-state index contributed by atoms with van der Waals surface area (Å²) in [6, 6.07) is 4.65. The molecule has 1 aromatic rings. The van der Waals surface area contributed by atoms with Crippen molar-refractivity contribution in [3.8, 4) is 0 Å². The molecule has 3 N–H and O–H groups in total.